The number of phenolic OH excluding ortho intramolecular Hbond substituents is 1. The quantitative estimate of drug-likeness (QED) is 0.877. The summed E-state index contributed by atoms with van der Waals surface area (Å²) in [5.41, 5.74) is 2.30. The van der Waals surface area contributed by atoms with E-state index in [-0.39, 0.29) is 5.91 Å². The number of carbonyl (C=O) groups excluding carboxylic acids is 1. The highest BCUT2D eigenvalue weighted by molar-refractivity contribution is 5.76. The maximum Gasteiger partial charge on any atom is 0.224 e. The topological polar surface area (TPSA) is 58.4 Å². The zero-order chi connectivity index (χ0) is 17.6. The zero-order valence-corrected chi connectivity index (χ0v) is 14.9. The minimum atomic E-state index is 0.241. The van der Waals surface area contributed by atoms with Gasteiger partial charge in [-0.2, -0.15) is 5.10 Å². The summed E-state index contributed by atoms with van der Waals surface area (Å²) < 4.78 is 1.90. The molecule has 1 saturated heterocycles. The molecule has 5 heteroatoms. The molecule has 1 N–H and O–H groups in total. The zero-order valence-electron chi connectivity index (χ0n) is 14.9. The van der Waals surface area contributed by atoms with Gasteiger partial charge in [0.2, 0.25) is 5.91 Å². The summed E-state index contributed by atoms with van der Waals surface area (Å²) in [5.74, 6) is 0.539. The van der Waals surface area contributed by atoms with E-state index in [9.17, 15) is 9.90 Å². The maximum atomic E-state index is 12.7. The second kappa shape index (κ2) is 8.19. The third-order valence-electron chi connectivity index (χ3n) is 5.12. The lowest BCUT2D eigenvalue weighted by Gasteiger charge is -2.36. The van der Waals surface area contributed by atoms with E-state index in [4.69, 9.17) is 0 Å². The van der Waals surface area contributed by atoms with Crippen molar-refractivity contribution >= 4 is 5.91 Å². The van der Waals surface area contributed by atoms with Gasteiger partial charge in [-0.05, 0) is 62.8 Å². The van der Waals surface area contributed by atoms with Crippen LogP contribution >= 0.6 is 0 Å². The molecule has 0 unspecified atom stereocenters. The summed E-state index contributed by atoms with van der Waals surface area (Å²) >= 11 is 0. The van der Waals surface area contributed by atoms with Gasteiger partial charge in [-0.3, -0.25) is 9.48 Å². The number of phenols is 1. The number of carbonyl (C=O) groups is 1. The standard InChI is InChI=1S/C20H27N3O2/c1-16-11-13-21-23(16)15-12-20(25)22-14-3-2-4-18(22)8-5-17-6-9-19(24)10-7-17/h6-7,9-11,13,18,24H,2-5,8,12,14-15H2,1H3/t18-/m1/s1. The first-order valence-electron chi connectivity index (χ1n) is 9.19. The predicted octanol–water partition coefficient (Wildman–Crippen LogP) is 3.30. The van der Waals surface area contributed by atoms with Crippen molar-refractivity contribution in [3.8, 4) is 5.75 Å². The van der Waals surface area contributed by atoms with Gasteiger partial charge in [0.25, 0.3) is 0 Å². The lowest BCUT2D eigenvalue weighted by atomic mass is 9.95. The number of aryl methyl sites for hydroxylation is 3. The van der Waals surface area contributed by atoms with Crippen molar-refractivity contribution in [1.29, 1.82) is 0 Å². The van der Waals surface area contributed by atoms with E-state index in [0.29, 0.717) is 24.8 Å². The first-order valence-corrected chi connectivity index (χ1v) is 9.19. The molecule has 1 aliphatic heterocycles. The van der Waals surface area contributed by atoms with E-state index < -0.39 is 0 Å². The number of nitrogens with zero attached hydrogens (tertiary/aromatic N) is 3. The van der Waals surface area contributed by atoms with Gasteiger partial charge in [-0.25, -0.2) is 0 Å². The smallest absolute Gasteiger partial charge is 0.224 e. The summed E-state index contributed by atoms with van der Waals surface area (Å²) in [6.07, 6.45) is 7.60. The highest BCUT2D eigenvalue weighted by Crippen LogP contribution is 2.23. The minimum absolute atomic E-state index is 0.241. The fraction of sp³-hybridized carbons (Fsp3) is 0.500. The van der Waals surface area contributed by atoms with Gasteiger partial charge in [-0.15, -0.1) is 0 Å². The van der Waals surface area contributed by atoms with Crippen molar-refractivity contribution in [2.75, 3.05) is 6.54 Å². The summed E-state index contributed by atoms with van der Waals surface area (Å²) in [6.45, 7) is 3.54. The van der Waals surface area contributed by atoms with Gasteiger partial charge in [0.1, 0.15) is 5.75 Å². The van der Waals surface area contributed by atoms with Crippen LogP contribution in [0.4, 0.5) is 0 Å². The van der Waals surface area contributed by atoms with Crippen LogP contribution in [0.25, 0.3) is 0 Å². The number of likely N-dealkylation sites (tertiary alicyclic amines) is 1. The van der Waals surface area contributed by atoms with Crippen molar-refractivity contribution in [3.05, 3.63) is 47.8 Å². The monoisotopic (exact) mass is 341 g/mol. The minimum Gasteiger partial charge on any atom is -0.508 e. The van der Waals surface area contributed by atoms with E-state index in [1.165, 1.54) is 12.0 Å². The van der Waals surface area contributed by atoms with Crippen LogP contribution in [-0.2, 0) is 17.8 Å². The lowest BCUT2D eigenvalue weighted by molar-refractivity contribution is -0.135. The molecular weight excluding hydrogens is 314 g/mol. The molecule has 1 fully saturated rings. The normalized spacial score (nSPS) is 17.6. The van der Waals surface area contributed by atoms with E-state index in [0.717, 1.165) is 37.9 Å². The molecule has 1 amide bonds. The summed E-state index contributed by atoms with van der Waals surface area (Å²) in [5, 5.41) is 13.6. The second-order valence-electron chi connectivity index (χ2n) is 6.89. The van der Waals surface area contributed by atoms with Gasteiger partial charge < -0.3 is 10.0 Å². The number of aromatic hydroxyl groups is 1. The Bertz CT molecular complexity index is 693. The average molecular weight is 341 g/mol. The molecule has 0 saturated carbocycles. The fourth-order valence-electron chi connectivity index (χ4n) is 3.60. The molecule has 1 aromatic carbocycles. The molecule has 1 atom stereocenters. The van der Waals surface area contributed by atoms with Gasteiger partial charge in [-0.1, -0.05) is 12.1 Å². The van der Waals surface area contributed by atoms with E-state index in [1.54, 1.807) is 18.3 Å². The van der Waals surface area contributed by atoms with Crippen LogP contribution in [0.3, 0.4) is 0 Å². The van der Waals surface area contributed by atoms with E-state index >= 15 is 0 Å². The van der Waals surface area contributed by atoms with Crippen LogP contribution in [0.1, 0.15) is 43.4 Å². The van der Waals surface area contributed by atoms with Crippen LogP contribution in [0.15, 0.2) is 36.5 Å². The van der Waals surface area contributed by atoms with Gasteiger partial charge in [0.05, 0.1) is 0 Å². The van der Waals surface area contributed by atoms with Crippen LogP contribution in [-0.4, -0.2) is 38.3 Å². The molecule has 0 bridgehead atoms. The van der Waals surface area contributed by atoms with E-state index in [1.807, 2.05) is 29.8 Å². The van der Waals surface area contributed by atoms with Crippen LogP contribution < -0.4 is 0 Å². The SMILES string of the molecule is Cc1ccnn1CCC(=O)N1CCCC[C@@H]1CCc1ccc(O)cc1. The summed E-state index contributed by atoms with van der Waals surface area (Å²) in [6, 6.07) is 9.67. The Morgan fingerprint density at radius 3 is 2.76 bits per heavy atom. The van der Waals surface area contributed by atoms with Crippen LogP contribution in [0.5, 0.6) is 5.75 Å². The largest absolute Gasteiger partial charge is 0.508 e. The molecule has 3 rings (SSSR count). The lowest BCUT2D eigenvalue weighted by Crippen LogP contribution is -2.44. The maximum absolute atomic E-state index is 12.7. The Labute approximate surface area is 149 Å². The third kappa shape index (κ3) is 4.62. The van der Waals surface area contributed by atoms with Crippen molar-refractivity contribution in [1.82, 2.24) is 14.7 Å². The Balaban J connectivity index is 1.55. The number of piperidine rings is 1. The number of hydrogen-bond acceptors (Lipinski definition) is 3. The number of benzene rings is 1. The Morgan fingerprint density at radius 1 is 1.24 bits per heavy atom. The van der Waals surface area contributed by atoms with Crippen LogP contribution in [0.2, 0.25) is 0 Å². The molecule has 1 aliphatic rings. The number of rotatable bonds is 6. The number of aromatic nitrogens is 2. The first kappa shape index (κ1) is 17.5. The average Bonchev–Trinajstić information content (AvgIpc) is 3.04. The molecule has 134 valence electrons. The fourth-order valence-corrected chi connectivity index (χ4v) is 3.60. The van der Waals surface area contributed by atoms with Crippen LogP contribution in [0, 0.1) is 6.92 Å². The Morgan fingerprint density at radius 2 is 2.04 bits per heavy atom. The Kier molecular flexibility index (Phi) is 5.74. The van der Waals surface area contributed by atoms with Gasteiger partial charge in [0, 0.05) is 37.4 Å². The molecule has 1 aromatic heterocycles. The predicted molar refractivity (Wildman–Crippen MR) is 97.4 cm³/mol. The summed E-state index contributed by atoms with van der Waals surface area (Å²) in [7, 11) is 0. The van der Waals surface area contributed by atoms with Gasteiger partial charge in [0.15, 0.2) is 0 Å². The number of amides is 1. The molecule has 0 aliphatic carbocycles. The van der Waals surface area contributed by atoms with Gasteiger partial charge >= 0.3 is 0 Å². The first-order chi connectivity index (χ1) is 12.1. The molecule has 2 heterocycles. The highest BCUT2D eigenvalue weighted by Gasteiger charge is 2.26. The molecular formula is C20H27N3O2. The third-order valence-corrected chi connectivity index (χ3v) is 5.12. The molecule has 0 radical (unpaired) electrons. The van der Waals surface area contributed by atoms with Crippen molar-refractivity contribution in [2.24, 2.45) is 0 Å². The molecule has 25 heavy (non-hydrogen) atoms. The molecule has 2 aromatic rings. The summed E-state index contributed by atoms with van der Waals surface area (Å²) in [4.78, 5) is 14.8. The van der Waals surface area contributed by atoms with Crippen molar-refractivity contribution < 1.29 is 9.90 Å². The number of hydrogen-bond donors (Lipinski definition) is 1. The van der Waals surface area contributed by atoms with Crippen molar-refractivity contribution in [3.63, 3.8) is 0 Å². The molecule has 0 spiro atoms. The van der Waals surface area contributed by atoms with Crippen molar-refractivity contribution in [2.45, 2.75) is 58.0 Å². The molecule has 5 nitrogen and oxygen atoms in total. The van der Waals surface area contributed by atoms with E-state index in [2.05, 4.69) is 10.00 Å². The Hall–Kier alpha value is -2.30. The second-order valence-corrected chi connectivity index (χ2v) is 6.89. The highest BCUT2D eigenvalue weighted by atomic mass is 16.3.